The van der Waals surface area contributed by atoms with Crippen molar-refractivity contribution in [3.05, 3.63) is 98.4 Å². The number of hydrogen-bond donors (Lipinski definition) is 0. The van der Waals surface area contributed by atoms with Crippen LogP contribution >= 0.6 is 27.7 Å². The van der Waals surface area contributed by atoms with E-state index >= 15 is 0 Å². The smallest absolute Gasteiger partial charge is 0.293 e. The van der Waals surface area contributed by atoms with E-state index in [-0.39, 0.29) is 17.7 Å². The molecule has 5 nitrogen and oxygen atoms in total. The van der Waals surface area contributed by atoms with Crippen LogP contribution in [0.2, 0.25) is 0 Å². The molecule has 1 aliphatic heterocycles. The fraction of sp³-hybridized carbons (Fsp3) is 0.154. The molecule has 0 bridgehead atoms. The van der Waals surface area contributed by atoms with Gasteiger partial charge in [-0.05, 0) is 69.5 Å². The van der Waals surface area contributed by atoms with Crippen molar-refractivity contribution in [3.63, 3.8) is 0 Å². The minimum absolute atomic E-state index is 0.253. The van der Waals surface area contributed by atoms with Crippen molar-refractivity contribution < 1.29 is 19.1 Å². The monoisotopic (exact) mass is 523 g/mol. The standard InChI is InChI=1S/C26H22BrNO4S/c1-17-7-6-10-19(11-17)15-28-25(29)23(33-26(28)30)14-20-12-21(27)24(22(13-20)31-2)32-16-18-8-4-3-5-9-18/h3-14H,15-16H2,1-2H3/b23-14-. The van der Waals surface area contributed by atoms with Crippen molar-refractivity contribution in [1.82, 2.24) is 4.90 Å². The van der Waals surface area contributed by atoms with Gasteiger partial charge in [-0.3, -0.25) is 14.5 Å². The second-order valence-corrected chi connectivity index (χ2v) is 9.41. The number of nitrogens with zero attached hydrogens (tertiary/aromatic N) is 1. The molecule has 1 saturated heterocycles. The predicted octanol–water partition coefficient (Wildman–Crippen LogP) is 6.58. The highest BCUT2D eigenvalue weighted by atomic mass is 79.9. The van der Waals surface area contributed by atoms with Crippen LogP contribution in [0.15, 0.2) is 76.1 Å². The van der Waals surface area contributed by atoms with Crippen LogP contribution in [0.4, 0.5) is 4.79 Å². The third-order valence-corrected chi connectivity index (χ3v) is 6.57. The molecule has 7 heteroatoms. The van der Waals surface area contributed by atoms with Gasteiger partial charge in [0.1, 0.15) is 6.61 Å². The van der Waals surface area contributed by atoms with Crippen molar-refractivity contribution in [3.8, 4) is 11.5 Å². The van der Waals surface area contributed by atoms with Gasteiger partial charge in [-0.25, -0.2) is 0 Å². The molecule has 33 heavy (non-hydrogen) atoms. The molecule has 1 aliphatic rings. The Morgan fingerprint density at radius 3 is 2.48 bits per heavy atom. The number of imide groups is 1. The first-order chi connectivity index (χ1) is 15.9. The lowest BCUT2D eigenvalue weighted by Gasteiger charge is -2.14. The first kappa shape index (κ1) is 23.1. The Balaban J connectivity index is 1.54. The van der Waals surface area contributed by atoms with E-state index in [2.05, 4.69) is 15.9 Å². The molecule has 1 fully saturated rings. The van der Waals surface area contributed by atoms with Gasteiger partial charge >= 0.3 is 0 Å². The minimum atomic E-state index is -0.300. The van der Waals surface area contributed by atoms with Crippen LogP contribution in [0, 0.1) is 6.92 Å². The quantitative estimate of drug-likeness (QED) is 0.327. The molecule has 3 aromatic carbocycles. The zero-order valence-electron chi connectivity index (χ0n) is 18.2. The van der Waals surface area contributed by atoms with Crippen LogP contribution in [0.3, 0.4) is 0 Å². The van der Waals surface area contributed by atoms with E-state index in [9.17, 15) is 9.59 Å². The van der Waals surface area contributed by atoms with E-state index in [1.54, 1.807) is 19.3 Å². The Kier molecular flexibility index (Phi) is 7.20. The largest absolute Gasteiger partial charge is 0.493 e. The van der Waals surface area contributed by atoms with E-state index < -0.39 is 0 Å². The first-order valence-corrected chi connectivity index (χ1v) is 11.9. The fourth-order valence-electron chi connectivity index (χ4n) is 3.47. The number of rotatable bonds is 7. The molecule has 0 saturated carbocycles. The van der Waals surface area contributed by atoms with Crippen LogP contribution in [-0.4, -0.2) is 23.2 Å². The summed E-state index contributed by atoms with van der Waals surface area (Å²) in [5.41, 5.74) is 3.77. The molecule has 0 atom stereocenters. The molecule has 1 heterocycles. The van der Waals surface area contributed by atoms with Crippen LogP contribution < -0.4 is 9.47 Å². The van der Waals surface area contributed by atoms with E-state index in [0.29, 0.717) is 27.5 Å². The number of methoxy groups -OCH3 is 1. The Hall–Kier alpha value is -3.03. The van der Waals surface area contributed by atoms with Gasteiger partial charge in [0, 0.05) is 0 Å². The first-order valence-electron chi connectivity index (χ1n) is 10.3. The number of carbonyl (C=O) groups excluding carboxylic acids is 2. The van der Waals surface area contributed by atoms with Crippen molar-refractivity contribution in [2.24, 2.45) is 0 Å². The highest BCUT2D eigenvalue weighted by Crippen LogP contribution is 2.39. The number of amides is 2. The molecule has 4 rings (SSSR count). The van der Waals surface area contributed by atoms with Crippen molar-refractivity contribution >= 4 is 44.9 Å². The molecule has 2 amide bonds. The zero-order valence-corrected chi connectivity index (χ0v) is 20.6. The predicted molar refractivity (Wildman–Crippen MR) is 134 cm³/mol. The Labute approximate surface area is 205 Å². The van der Waals surface area contributed by atoms with E-state index in [1.807, 2.05) is 67.6 Å². The highest BCUT2D eigenvalue weighted by molar-refractivity contribution is 9.10. The zero-order chi connectivity index (χ0) is 23.4. The lowest BCUT2D eigenvalue weighted by molar-refractivity contribution is -0.123. The third kappa shape index (κ3) is 5.49. The summed E-state index contributed by atoms with van der Waals surface area (Å²) in [5, 5.41) is -0.276. The maximum Gasteiger partial charge on any atom is 0.293 e. The molecule has 3 aromatic rings. The number of halogens is 1. The molecule has 0 unspecified atom stereocenters. The van der Waals surface area contributed by atoms with Crippen LogP contribution in [0.1, 0.15) is 22.3 Å². The number of carbonyl (C=O) groups is 2. The molecule has 0 spiro atoms. The molecule has 0 radical (unpaired) electrons. The summed E-state index contributed by atoms with van der Waals surface area (Å²) < 4.78 is 12.2. The highest BCUT2D eigenvalue weighted by Gasteiger charge is 2.35. The summed E-state index contributed by atoms with van der Waals surface area (Å²) in [7, 11) is 1.57. The van der Waals surface area contributed by atoms with E-state index in [4.69, 9.17) is 9.47 Å². The van der Waals surface area contributed by atoms with Crippen LogP contribution in [-0.2, 0) is 17.9 Å². The normalized spacial score (nSPS) is 14.8. The minimum Gasteiger partial charge on any atom is -0.493 e. The SMILES string of the molecule is COc1cc(/C=C2\SC(=O)N(Cc3cccc(C)c3)C2=O)cc(Br)c1OCc1ccccc1. The number of benzene rings is 3. The second kappa shape index (κ2) is 10.3. The third-order valence-electron chi connectivity index (χ3n) is 5.07. The summed E-state index contributed by atoms with van der Waals surface area (Å²) in [6.45, 7) is 2.63. The van der Waals surface area contributed by atoms with Gasteiger partial charge in [-0.2, -0.15) is 0 Å². The molecule has 0 N–H and O–H groups in total. The van der Waals surface area contributed by atoms with Gasteiger partial charge in [0.05, 0.1) is 23.0 Å². The number of ether oxygens (including phenoxy) is 2. The van der Waals surface area contributed by atoms with Gasteiger partial charge in [0.2, 0.25) is 0 Å². The summed E-state index contributed by atoms with van der Waals surface area (Å²) >= 11 is 4.49. The Morgan fingerprint density at radius 1 is 1.00 bits per heavy atom. The van der Waals surface area contributed by atoms with Crippen molar-refractivity contribution in [1.29, 1.82) is 0 Å². The lowest BCUT2D eigenvalue weighted by Crippen LogP contribution is -2.27. The fourth-order valence-corrected chi connectivity index (χ4v) is 4.89. The van der Waals surface area contributed by atoms with Crippen LogP contribution in [0.5, 0.6) is 11.5 Å². The van der Waals surface area contributed by atoms with E-state index in [0.717, 1.165) is 34.0 Å². The number of hydrogen-bond acceptors (Lipinski definition) is 5. The van der Waals surface area contributed by atoms with Crippen LogP contribution in [0.25, 0.3) is 6.08 Å². The Morgan fingerprint density at radius 2 is 1.76 bits per heavy atom. The van der Waals surface area contributed by atoms with Gasteiger partial charge < -0.3 is 9.47 Å². The Bertz CT molecular complexity index is 1230. The van der Waals surface area contributed by atoms with Crippen molar-refractivity contribution in [2.75, 3.05) is 7.11 Å². The molecule has 0 aliphatic carbocycles. The number of thioether (sulfide) groups is 1. The second-order valence-electron chi connectivity index (χ2n) is 7.57. The topological polar surface area (TPSA) is 55.8 Å². The van der Waals surface area contributed by atoms with Gasteiger partial charge in [-0.1, -0.05) is 60.2 Å². The van der Waals surface area contributed by atoms with E-state index in [1.165, 1.54) is 4.90 Å². The van der Waals surface area contributed by atoms with Crippen molar-refractivity contribution in [2.45, 2.75) is 20.1 Å². The molecule has 0 aromatic heterocycles. The number of aryl methyl sites for hydroxylation is 1. The summed E-state index contributed by atoms with van der Waals surface area (Å²) in [6.07, 6.45) is 1.70. The maximum atomic E-state index is 12.9. The van der Waals surface area contributed by atoms with Gasteiger partial charge in [0.25, 0.3) is 11.1 Å². The lowest BCUT2D eigenvalue weighted by atomic mass is 10.1. The summed E-state index contributed by atoms with van der Waals surface area (Å²) in [4.78, 5) is 27.1. The average Bonchev–Trinajstić information content (AvgIpc) is 3.06. The molecular weight excluding hydrogens is 502 g/mol. The maximum absolute atomic E-state index is 12.9. The summed E-state index contributed by atoms with van der Waals surface area (Å²) in [5.74, 6) is 0.808. The average molecular weight is 524 g/mol. The molecule has 168 valence electrons. The molecular formula is C26H22BrNO4S. The summed E-state index contributed by atoms with van der Waals surface area (Å²) in [6, 6.07) is 21.3. The van der Waals surface area contributed by atoms with Gasteiger partial charge in [0.15, 0.2) is 11.5 Å². The van der Waals surface area contributed by atoms with Gasteiger partial charge in [-0.15, -0.1) is 0 Å².